The third kappa shape index (κ3) is 4.33. The summed E-state index contributed by atoms with van der Waals surface area (Å²) in [5, 5.41) is 0.272. The number of hydroxylamine groups is 2. The molecule has 0 unspecified atom stereocenters. The number of imide groups is 1. The van der Waals surface area contributed by atoms with Gasteiger partial charge in [-0.3, -0.25) is 9.59 Å². The van der Waals surface area contributed by atoms with Crippen LogP contribution < -0.4 is 4.72 Å². The number of hydrogen-bond donors (Lipinski definition) is 1. The van der Waals surface area contributed by atoms with Gasteiger partial charge in [-0.15, -0.1) is 0 Å². The van der Waals surface area contributed by atoms with Crippen LogP contribution in [-0.4, -0.2) is 37.8 Å². The van der Waals surface area contributed by atoms with E-state index in [2.05, 4.69) is 0 Å². The highest BCUT2D eigenvalue weighted by molar-refractivity contribution is 7.89. The molecule has 12 heteroatoms. The minimum atomic E-state index is -4.72. The fourth-order valence-electron chi connectivity index (χ4n) is 2.61. The van der Waals surface area contributed by atoms with Gasteiger partial charge in [0.05, 0.1) is 28.0 Å². The predicted octanol–water partition coefficient (Wildman–Crippen LogP) is 2.13. The molecule has 0 spiro atoms. The van der Waals surface area contributed by atoms with Crippen molar-refractivity contribution in [2.75, 3.05) is 6.54 Å². The molecule has 0 saturated carbocycles. The van der Waals surface area contributed by atoms with Crippen LogP contribution in [0.2, 0.25) is 0 Å². The number of benzene rings is 2. The van der Waals surface area contributed by atoms with E-state index in [4.69, 9.17) is 4.84 Å². The Bertz CT molecular complexity index is 1100. The molecule has 2 amide bonds. The minimum absolute atomic E-state index is 0.0561. The first kappa shape index (κ1) is 21.5. The summed E-state index contributed by atoms with van der Waals surface area (Å²) < 4.78 is 64.4. The van der Waals surface area contributed by atoms with E-state index >= 15 is 0 Å². The summed E-state index contributed by atoms with van der Waals surface area (Å²) in [6.45, 7) is -0.527. The highest BCUT2D eigenvalue weighted by Crippen LogP contribution is 2.30. The number of nitrogens with zero attached hydrogens (tertiary/aromatic N) is 1. The highest BCUT2D eigenvalue weighted by atomic mass is 32.2. The summed E-state index contributed by atoms with van der Waals surface area (Å²) in [6, 6.07) is 8.90. The van der Waals surface area contributed by atoms with Crippen LogP contribution in [-0.2, 0) is 25.8 Å². The molecule has 1 aliphatic heterocycles. The van der Waals surface area contributed by atoms with E-state index in [1.807, 2.05) is 4.72 Å². The number of rotatable bonds is 6. The molecule has 158 valence electrons. The lowest BCUT2D eigenvalue weighted by atomic mass is 10.1. The van der Waals surface area contributed by atoms with Crippen molar-refractivity contribution in [3.8, 4) is 0 Å². The average molecular weight is 442 g/mol. The van der Waals surface area contributed by atoms with Crippen molar-refractivity contribution in [2.45, 2.75) is 17.5 Å². The average Bonchev–Trinajstić information content (AvgIpc) is 2.92. The molecule has 8 nitrogen and oxygen atoms in total. The van der Waals surface area contributed by atoms with Gasteiger partial charge in [-0.1, -0.05) is 23.3 Å². The van der Waals surface area contributed by atoms with Crippen LogP contribution in [0.4, 0.5) is 13.2 Å². The summed E-state index contributed by atoms with van der Waals surface area (Å²) in [6.07, 6.45) is -5.30. The van der Waals surface area contributed by atoms with E-state index in [9.17, 15) is 36.0 Å². The third-order valence-electron chi connectivity index (χ3n) is 4.04. The number of sulfonamides is 1. The monoisotopic (exact) mass is 442 g/mol. The predicted molar refractivity (Wildman–Crippen MR) is 94.3 cm³/mol. The van der Waals surface area contributed by atoms with Crippen LogP contribution in [0, 0.1) is 0 Å². The normalized spacial score (nSPS) is 14.0. The van der Waals surface area contributed by atoms with Crippen LogP contribution in [0.25, 0.3) is 0 Å². The van der Waals surface area contributed by atoms with Gasteiger partial charge in [-0.2, -0.15) is 13.2 Å². The largest absolute Gasteiger partial charge is 0.416 e. The van der Waals surface area contributed by atoms with Crippen molar-refractivity contribution in [2.24, 2.45) is 0 Å². The Morgan fingerprint density at radius 1 is 1.00 bits per heavy atom. The molecule has 0 aliphatic carbocycles. The highest BCUT2D eigenvalue weighted by Gasteiger charge is 2.38. The van der Waals surface area contributed by atoms with Gasteiger partial charge in [0.25, 0.3) is 11.8 Å². The third-order valence-corrected chi connectivity index (χ3v) is 5.50. The maximum atomic E-state index is 12.7. The Morgan fingerprint density at radius 2 is 1.60 bits per heavy atom. The van der Waals surface area contributed by atoms with Crippen LogP contribution in [0.1, 0.15) is 32.7 Å². The summed E-state index contributed by atoms with van der Waals surface area (Å²) in [5.74, 6) is -2.77. The molecule has 30 heavy (non-hydrogen) atoms. The van der Waals surface area contributed by atoms with E-state index < -0.39 is 57.4 Å². The maximum Gasteiger partial charge on any atom is 0.416 e. The Hall–Kier alpha value is -3.25. The summed E-state index contributed by atoms with van der Waals surface area (Å²) in [7, 11) is -4.34. The number of fused-ring (bicyclic) bond motifs is 1. The second kappa shape index (κ2) is 7.88. The van der Waals surface area contributed by atoms with Gasteiger partial charge < -0.3 is 4.84 Å². The molecule has 1 aliphatic rings. The molecule has 0 atom stereocenters. The molecule has 0 aromatic heterocycles. The number of amides is 2. The van der Waals surface area contributed by atoms with Crippen molar-refractivity contribution in [1.29, 1.82) is 0 Å². The van der Waals surface area contributed by atoms with Crippen LogP contribution in [0.5, 0.6) is 0 Å². The first-order valence-electron chi connectivity index (χ1n) is 8.36. The van der Waals surface area contributed by atoms with Crippen molar-refractivity contribution in [1.82, 2.24) is 9.79 Å². The number of nitrogens with one attached hydrogen (secondary N) is 1. The second-order valence-electron chi connectivity index (χ2n) is 6.09. The first-order valence-corrected chi connectivity index (χ1v) is 9.84. The van der Waals surface area contributed by atoms with Crippen molar-refractivity contribution >= 4 is 27.8 Å². The molecule has 2 aromatic rings. The van der Waals surface area contributed by atoms with Gasteiger partial charge in [-0.25, -0.2) is 17.9 Å². The Kier molecular flexibility index (Phi) is 5.63. The standard InChI is InChI=1S/C18H13F3N2O6S/c19-18(20,21)11-4-3-5-12(10-11)30(27,28)22-9-8-15(24)29-23-16(25)13-6-1-2-7-14(13)17(23)26/h1-7,10,22H,8-9H2. The first-order chi connectivity index (χ1) is 14.0. The van der Waals surface area contributed by atoms with Gasteiger partial charge in [0.1, 0.15) is 0 Å². The number of hydrogen-bond acceptors (Lipinski definition) is 6. The number of alkyl halides is 3. The van der Waals surface area contributed by atoms with E-state index in [-0.39, 0.29) is 16.2 Å². The zero-order valence-corrected chi connectivity index (χ0v) is 15.8. The summed E-state index contributed by atoms with van der Waals surface area (Å²) in [4.78, 5) is 40.2. The molecule has 1 heterocycles. The Labute approximate surface area is 168 Å². The molecule has 0 bridgehead atoms. The number of carbonyl (C=O) groups is 3. The van der Waals surface area contributed by atoms with Gasteiger partial charge in [-0.05, 0) is 30.3 Å². The zero-order chi connectivity index (χ0) is 22.1. The Balaban J connectivity index is 1.59. The van der Waals surface area contributed by atoms with E-state index in [1.54, 1.807) is 0 Å². The van der Waals surface area contributed by atoms with Crippen molar-refractivity contribution in [3.63, 3.8) is 0 Å². The zero-order valence-electron chi connectivity index (χ0n) is 15.0. The minimum Gasteiger partial charge on any atom is -0.330 e. The van der Waals surface area contributed by atoms with Gasteiger partial charge >= 0.3 is 12.1 Å². The summed E-state index contributed by atoms with van der Waals surface area (Å²) >= 11 is 0. The molecular weight excluding hydrogens is 429 g/mol. The Morgan fingerprint density at radius 3 is 2.17 bits per heavy atom. The molecule has 0 fully saturated rings. The molecular formula is C18H13F3N2O6S. The topological polar surface area (TPSA) is 110 Å². The number of halogens is 3. The maximum absolute atomic E-state index is 12.7. The van der Waals surface area contributed by atoms with E-state index in [0.717, 1.165) is 18.2 Å². The molecule has 3 rings (SSSR count). The van der Waals surface area contributed by atoms with Gasteiger partial charge in [0.15, 0.2) is 0 Å². The lowest BCUT2D eigenvalue weighted by Gasteiger charge is -2.13. The fourth-order valence-corrected chi connectivity index (χ4v) is 3.69. The van der Waals surface area contributed by atoms with Crippen LogP contribution in [0.15, 0.2) is 53.4 Å². The second-order valence-corrected chi connectivity index (χ2v) is 7.85. The molecule has 0 saturated heterocycles. The SMILES string of the molecule is O=C(CCNS(=O)(=O)c1cccc(C(F)(F)F)c1)ON1C(=O)c2ccccc2C1=O. The van der Waals surface area contributed by atoms with E-state index in [0.29, 0.717) is 6.07 Å². The lowest BCUT2D eigenvalue weighted by Crippen LogP contribution is -2.34. The molecule has 1 N–H and O–H groups in total. The fraction of sp³-hybridized carbons (Fsp3) is 0.167. The lowest BCUT2D eigenvalue weighted by molar-refractivity contribution is -0.168. The quantitative estimate of drug-likeness (QED) is 0.687. The van der Waals surface area contributed by atoms with Crippen molar-refractivity contribution < 1.29 is 40.8 Å². The smallest absolute Gasteiger partial charge is 0.330 e. The summed E-state index contributed by atoms with van der Waals surface area (Å²) in [5.41, 5.74) is -1.03. The number of carbonyl (C=O) groups excluding carboxylic acids is 3. The molecule has 2 aromatic carbocycles. The van der Waals surface area contributed by atoms with Crippen LogP contribution >= 0.6 is 0 Å². The van der Waals surface area contributed by atoms with Crippen LogP contribution in [0.3, 0.4) is 0 Å². The van der Waals surface area contributed by atoms with Crippen molar-refractivity contribution in [3.05, 3.63) is 65.2 Å². The van der Waals surface area contributed by atoms with E-state index in [1.165, 1.54) is 24.3 Å². The molecule has 0 radical (unpaired) electrons. The van der Waals surface area contributed by atoms with Gasteiger partial charge in [0, 0.05) is 6.54 Å². The van der Waals surface area contributed by atoms with Gasteiger partial charge in [0.2, 0.25) is 10.0 Å².